The molecule has 0 spiro atoms. The predicted octanol–water partition coefficient (Wildman–Crippen LogP) is 4.76. The lowest BCUT2D eigenvalue weighted by Gasteiger charge is -2.17. The molecule has 1 N–H and O–H groups in total. The van der Waals surface area contributed by atoms with Crippen molar-refractivity contribution in [1.29, 1.82) is 0 Å². The lowest BCUT2D eigenvalue weighted by Crippen LogP contribution is -2.17. The number of aromatic nitrogens is 2. The van der Waals surface area contributed by atoms with E-state index < -0.39 is 0 Å². The van der Waals surface area contributed by atoms with Crippen LogP contribution in [0.3, 0.4) is 0 Å². The Hall–Kier alpha value is -3.84. The van der Waals surface area contributed by atoms with E-state index >= 15 is 0 Å². The molecule has 4 rings (SSSR count). The van der Waals surface area contributed by atoms with Crippen LogP contribution in [0.4, 0.5) is 0 Å². The zero-order chi connectivity index (χ0) is 22.5. The first kappa shape index (κ1) is 21.4. The normalized spacial score (nSPS) is 11.0. The Morgan fingerprint density at radius 1 is 0.875 bits per heavy atom. The number of methoxy groups -OCH3 is 2. The van der Waals surface area contributed by atoms with Gasteiger partial charge in [0.25, 0.3) is 0 Å². The fourth-order valence-corrected chi connectivity index (χ4v) is 3.51. The van der Waals surface area contributed by atoms with E-state index in [0.29, 0.717) is 24.9 Å². The van der Waals surface area contributed by atoms with Crippen LogP contribution in [-0.2, 0) is 13.1 Å². The van der Waals surface area contributed by atoms with Gasteiger partial charge in [0.1, 0.15) is 17.2 Å². The molecule has 7 heteroatoms. The van der Waals surface area contributed by atoms with Gasteiger partial charge in [0.15, 0.2) is 0 Å². The monoisotopic (exact) mass is 431 g/mol. The molecular weight excluding hydrogens is 406 g/mol. The van der Waals surface area contributed by atoms with Crippen LogP contribution in [0.15, 0.2) is 71.1 Å². The molecular formula is C25H25N3O4. The molecule has 164 valence electrons. The Labute approximate surface area is 186 Å². The van der Waals surface area contributed by atoms with E-state index in [1.165, 1.54) is 0 Å². The summed E-state index contributed by atoms with van der Waals surface area (Å²) in [4.78, 5) is 2.00. The van der Waals surface area contributed by atoms with Gasteiger partial charge in [0.2, 0.25) is 11.8 Å². The Balaban J connectivity index is 1.52. The zero-order valence-corrected chi connectivity index (χ0v) is 18.3. The molecule has 0 radical (unpaired) electrons. The topological polar surface area (TPSA) is 80.9 Å². The number of hydrogen-bond acceptors (Lipinski definition) is 7. The van der Waals surface area contributed by atoms with Crippen LogP contribution in [0.1, 0.15) is 11.5 Å². The van der Waals surface area contributed by atoms with Crippen molar-refractivity contribution < 1.29 is 19.0 Å². The van der Waals surface area contributed by atoms with Gasteiger partial charge >= 0.3 is 0 Å². The predicted molar refractivity (Wildman–Crippen MR) is 122 cm³/mol. The summed E-state index contributed by atoms with van der Waals surface area (Å²) in [6, 6.07) is 20.8. The van der Waals surface area contributed by atoms with Crippen LogP contribution in [0.2, 0.25) is 0 Å². The minimum Gasteiger partial charge on any atom is -0.508 e. The number of hydrogen-bond donors (Lipinski definition) is 1. The van der Waals surface area contributed by atoms with E-state index in [1.807, 2.05) is 72.6 Å². The van der Waals surface area contributed by atoms with Crippen LogP contribution in [0, 0.1) is 0 Å². The maximum atomic E-state index is 10.4. The van der Waals surface area contributed by atoms with Crippen molar-refractivity contribution >= 4 is 0 Å². The van der Waals surface area contributed by atoms with Gasteiger partial charge in [-0.3, -0.25) is 4.90 Å². The number of phenolic OH excluding ortho intramolecular Hbond substituents is 1. The quantitative estimate of drug-likeness (QED) is 0.431. The number of aromatic hydroxyl groups is 1. The number of phenols is 1. The van der Waals surface area contributed by atoms with E-state index in [0.717, 1.165) is 33.8 Å². The van der Waals surface area contributed by atoms with Gasteiger partial charge in [0.05, 0.1) is 20.8 Å². The van der Waals surface area contributed by atoms with E-state index in [2.05, 4.69) is 10.2 Å². The first-order valence-corrected chi connectivity index (χ1v) is 10.2. The Morgan fingerprint density at radius 2 is 1.69 bits per heavy atom. The van der Waals surface area contributed by atoms with Gasteiger partial charge in [-0.05, 0) is 55.1 Å². The van der Waals surface area contributed by atoms with Crippen LogP contribution in [-0.4, -0.2) is 41.5 Å². The fraction of sp³-hybridized carbons (Fsp3) is 0.200. The van der Waals surface area contributed by atoms with Crippen molar-refractivity contribution in [2.45, 2.75) is 13.1 Å². The highest BCUT2D eigenvalue weighted by molar-refractivity contribution is 5.73. The molecule has 0 fully saturated rings. The number of nitrogens with zero attached hydrogens (tertiary/aromatic N) is 3. The highest BCUT2D eigenvalue weighted by Gasteiger charge is 2.14. The molecule has 3 aromatic carbocycles. The average Bonchev–Trinajstić information content (AvgIpc) is 3.29. The van der Waals surface area contributed by atoms with E-state index in [4.69, 9.17) is 13.9 Å². The van der Waals surface area contributed by atoms with Gasteiger partial charge in [-0.1, -0.05) is 24.3 Å². The third kappa shape index (κ3) is 4.73. The third-order valence-electron chi connectivity index (χ3n) is 5.13. The zero-order valence-electron chi connectivity index (χ0n) is 18.3. The van der Waals surface area contributed by atoms with E-state index in [-0.39, 0.29) is 5.75 Å². The second kappa shape index (κ2) is 9.53. The van der Waals surface area contributed by atoms with Gasteiger partial charge < -0.3 is 19.0 Å². The molecule has 0 aliphatic carbocycles. The molecule has 1 aromatic heterocycles. The second-order valence-corrected chi connectivity index (χ2v) is 7.45. The first-order chi connectivity index (χ1) is 15.6. The minimum atomic E-state index is 0.220. The summed E-state index contributed by atoms with van der Waals surface area (Å²) >= 11 is 0. The number of rotatable bonds is 8. The molecule has 0 atom stereocenters. The lowest BCUT2D eigenvalue weighted by atomic mass is 10.0. The summed E-state index contributed by atoms with van der Waals surface area (Å²) in [5.41, 5.74) is 3.47. The summed E-state index contributed by atoms with van der Waals surface area (Å²) in [6.45, 7) is 0.945. The molecule has 4 aromatic rings. The van der Waals surface area contributed by atoms with Gasteiger partial charge in [-0.25, -0.2) is 0 Å². The minimum absolute atomic E-state index is 0.220. The molecule has 0 saturated heterocycles. The fourth-order valence-electron chi connectivity index (χ4n) is 3.51. The molecule has 1 heterocycles. The molecule has 0 aliphatic heterocycles. The van der Waals surface area contributed by atoms with Crippen LogP contribution in [0.5, 0.6) is 17.2 Å². The summed E-state index contributed by atoms with van der Waals surface area (Å²) in [5, 5.41) is 18.7. The van der Waals surface area contributed by atoms with Crippen molar-refractivity contribution in [3.63, 3.8) is 0 Å². The first-order valence-electron chi connectivity index (χ1n) is 10.2. The van der Waals surface area contributed by atoms with Crippen molar-refractivity contribution in [1.82, 2.24) is 15.1 Å². The highest BCUT2D eigenvalue weighted by Crippen LogP contribution is 2.35. The molecule has 0 aliphatic rings. The third-order valence-corrected chi connectivity index (χ3v) is 5.13. The average molecular weight is 431 g/mol. The summed E-state index contributed by atoms with van der Waals surface area (Å²) < 4.78 is 16.7. The summed E-state index contributed by atoms with van der Waals surface area (Å²) in [7, 11) is 5.20. The van der Waals surface area contributed by atoms with Crippen LogP contribution >= 0.6 is 0 Å². The van der Waals surface area contributed by atoms with E-state index in [1.54, 1.807) is 20.3 Å². The Kier molecular flexibility index (Phi) is 6.37. The van der Waals surface area contributed by atoms with Gasteiger partial charge in [-0.2, -0.15) is 0 Å². The maximum absolute atomic E-state index is 10.4. The molecule has 32 heavy (non-hydrogen) atoms. The molecule has 7 nitrogen and oxygen atoms in total. The maximum Gasteiger partial charge on any atom is 0.247 e. The molecule has 0 bridgehead atoms. The van der Waals surface area contributed by atoms with Crippen LogP contribution in [0.25, 0.3) is 22.6 Å². The Morgan fingerprint density at radius 3 is 2.44 bits per heavy atom. The molecule has 0 amide bonds. The van der Waals surface area contributed by atoms with Crippen molar-refractivity contribution in [2.24, 2.45) is 0 Å². The largest absolute Gasteiger partial charge is 0.508 e. The highest BCUT2D eigenvalue weighted by atomic mass is 16.5. The SMILES string of the molecule is COc1ccc(OC)c(-c2ccc(O)c(CN(C)Cc3nnc(-c4ccccc4)o3)c2)c1. The lowest BCUT2D eigenvalue weighted by molar-refractivity contribution is 0.279. The second-order valence-electron chi connectivity index (χ2n) is 7.45. The number of ether oxygens (including phenoxy) is 2. The number of benzene rings is 3. The standard InChI is InChI=1S/C25H25N3O4/c1-28(16-24-26-27-25(32-24)17-7-5-4-6-8-17)15-19-13-18(9-11-22(19)29)21-14-20(30-2)10-12-23(21)31-3/h4-14,29H,15-16H2,1-3H3. The van der Waals surface area contributed by atoms with Crippen LogP contribution < -0.4 is 9.47 Å². The van der Waals surface area contributed by atoms with Gasteiger partial charge in [-0.15, -0.1) is 10.2 Å². The summed E-state index contributed by atoms with van der Waals surface area (Å²) in [6.07, 6.45) is 0. The molecule has 0 saturated carbocycles. The molecule has 0 unspecified atom stereocenters. The summed E-state index contributed by atoms with van der Waals surface area (Å²) in [5.74, 6) is 2.69. The Bertz CT molecular complexity index is 1190. The smallest absolute Gasteiger partial charge is 0.247 e. The van der Waals surface area contributed by atoms with Gasteiger partial charge in [0, 0.05) is 23.2 Å². The van der Waals surface area contributed by atoms with Crippen molar-refractivity contribution in [2.75, 3.05) is 21.3 Å². The van der Waals surface area contributed by atoms with Crippen molar-refractivity contribution in [3.8, 4) is 39.8 Å². The van der Waals surface area contributed by atoms with Crippen molar-refractivity contribution in [3.05, 3.63) is 78.2 Å². The van der Waals surface area contributed by atoms with E-state index in [9.17, 15) is 5.11 Å².